The summed E-state index contributed by atoms with van der Waals surface area (Å²) in [7, 11) is 0. The zero-order valence-corrected chi connectivity index (χ0v) is 14.5. The first-order valence-electron chi connectivity index (χ1n) is 7.23. The third kappa shape index (κ3) is 3.98. The minimum absolute atomic E-state index is 0.102. The summed E-state index contributed by atoms with van der Waals surface area (Å²) in [6, 6.07) is 7.57. The van der Waals surface area contributed by atoms with Gasteiger partial charge in [0.2, 0.25) is 0 Å². The number of ether oxygens (including phenoxy) is 2. The number of carbonyl (C=O) groups is 2. The van der Waals surface area contributed by atoms with Crippen molar-refractivity contribution in [2.75, 3.05) is 13.2 Å². The van der Waals surface area contributed by atoms with Crippen molar-refractivity contribution >= 4 is 27.9 Å². The third-order valence-electron chi connectivity index (χ3n) is 3.14. The molecule has 0 aliphatic carbocycles. The number of aromatic amines is 1. The van der Waals surface area contributed by atoms with Crippen molar-refractivity contribution < 1.29 is 19.1 Å². The average molecular weight is 381 g/mol. The van der Waals surface area contributed by atoms with Gasteiger partial charge < -0.3 is 9.47 Å². The molecule has 0 aliphatic heterocycles. The molecule has 1 heterocycles. The molecule has 23 heavy (non-hydrogen) atoms. The largest absolute Gasteiger partial charge is 0.461 e. The fourth-order valence-electron chi connectivity index (χ4n) is 2.11. The number of hydrogen-bond donors (Lipinski definition) is 1. The Morgan fingerprint density at radius 2 is 1.78 bits per heavy atom. The van der Waals surface area contributed by atoms with Gasteiger partial charge in [0.15, 0.2) is 5.69 Å². The zero-order valence-electron chi connectivity index (χ0n) is 12.9. The monoisotopic (exact) mass is 380 g/mol. The summed E-state index contributed by atoms with van der Waals surface area (Å²) in [6.07, 6.45) is 0.347. The number of halogens is 1. The molecule has 0 aliphatic rings. The molecule has 0 spiro atoms. The van der Waals surface area contributed by atoms with Gasteiger partial charge in [0.05, 0.1) is 13.2 Å². The number of esters is 2. The number of benzene rings is 1. The third-order valence-corrected chi connectivity index (χ3v) is 3.91. The molecular weight excluding hydrogens is 364 g/mol. The quantitative estimate of drug-likeness (QED) is 0.778. The number of aromatic nitrogens is 2. The summed E-state index contributed by atoms with van der Waals surface area (Å²) in [5, 5.41) is 6.55. The lowest BCUT2D eigenvalue weighted by atomic mass is 10.0. The summed E-state index contributed by atoms with van der Waals surface area (Å²) in [5.74, 6) is -1.11. The topological polar surface area (TPSA) is 81.3 Å². The second-order valence-electron chi connectivity index (χ2n) is 4.63. The lowest BCUT2D eigenvalue weighted by Gasteiger charge is -2.07. The molecular formula is C16H17BrN2O4. The van der Waals surface area contributed by atoms with Crippen LogP contribution in [0.25, 0.3) is 0 Å². The first-order valence-corrected chi connectivity index (χ1v) is 8.02. The average Bonchev–Trinajstić information content (AvgIpc) is 2.94. The molecule has 1 aromatic heterocycles. The van der Waals surface area contributed by atoms with E-state index in [1.54, 1.807) is 13.8 Å². The molecule has 6 nitrogen and oxygen atoms in total. The molecule has 2 rings (SSSR count). The standard InChI is InChI=1S/C16H17BrN2O4/c1-3-22-15(20)13-11(9-10-7-5-6-8-12(10)17)14(19-18-13)16(21)23-4-2/h5-8H,3-4,9H2,1-2H3,(H,18,19). The highest BCUT2D eigenvalue weighted by molar-refractivity contribution is 9.10. The number of rotatable bonds is 6. The van der Waals surface area contributed by atoms with Crippen LogP contribution in [0.15, 0.2) is 28.7 Å². The van der Waals surface area contributed by atoms with Gasteiger partial charge in [0, 0.05) is 16.5 Å². The van der Waals surface area contributed by atoms with Crippen LogP contribution in [0.1, 0.15) is 46.0 Å². The van der Waals surface area contributed by atoms with Crippen molar-refractivity contribution in [1.29, 1.82) is 0 Å². The van der Waals surface area contributed by atoms with Crippen molar-refractivity contribution in [2.24, 2.45) is 0 Å². The highest BCUT2D eigenvalue weighted by atomic mass is 79.9. The van der Waals surface area contributed by atoms with Gasteiger partial charge in [-0.3, -0.25) is 5.10 Å². The summed E-state index contributed by atoms with van der Waals surface area (Å²) in [5.41, 5.74) is 1.66. The van der Waals surface area contributed by atoms with Crippen LogP contribution in [0.3, 0.4) is 0 Å². The van der Waals surface area contributed by atoms with E-state index in [1.165, 1.54) is 0 Å². The fraction of sp³-hybridized carbons (Fsp3) is 0.312. The van der Waals surface area contributed by atoms with Crippen LogP contribution < -0.4 is 0 Å². The predicted octanol–water partition coefficient (Wildman–Crippen LogP) is 3.12. The minimum Gasteiger partial charge on any atom is -0.461 e. The van der Waals surface area contributed by atoms with Gasteiger partial charge in [-0.25, -0.2) is 9.59 Å². The van der Waals surface area contributed by atoms with E-state index < -0.39 is 11.9 Å². The Morgan fingerprint density at radius 3 is 2.43 bits per heavy atom. The second-order valence-corrected chi connectivity index (χ2v) is 5.49. The van der Waals surface area contributed by atoms with Crippen molar-refractivity contribution in [3.05, 3.63) is 51.3 Å². The van der Waals surface area contributed by atoms with Crippen LogP contribution in [-0.2, 0) is 15.9 Å². The Balaban J connectivity index is 2.44. The summed E-state index contributed by atoms with van der Waals surface area (Å²) >= 11 is 3.46. The molecule has 1 N–H and O–H groups in total. The first kappa shape index (κ1) is 17.2. The lowest BCUT2D eigenvalue weighted by Crippen LogP contribution is -2.12. The zero-order chi connectivity index (χ0) is 16.8. The number of H-pyrrole nitrogens is 1. The van der Waals surface area contributed by atoms with Gasteiger partial charge in [0.1, 0.15) is 5.69 Å². The maximum absolute atomic E-state index is 12.1. The van der Waals surface area contributed by atoms with Crippen LogP contribution in [0.4, 0.5) is 0 Å². The van der Waals surface area contributed by atoms with E-state index in [1.807, 2.05) is 24.3 Å². The first-order chi connectivity index (χ1) is 11.1. The molecule has 1 aromatic carbocycles. The Hall–Kier alpha value is -2.15. The van der Waals surface area contributed by atoms with E-state index in [4.69, 9.17) is 9.47 Å². The molecule has 0 bridgehead atoms. The van der Waals surface area contributed by atoms with Crippen LogP contribution in [-0.4, -0.2) is 35.3 Å². The Kier molecular flexibility index (Phi) is 5.92. The van der Waals surface area contributed by atoms with E-state index in [2.05, 4.69) is 26.1 Å². The molecule has 0 fully saturated rings. The van der Waals surface area contributed by atoms with E-state index >= 15 is 0 Å². The van der Waals surface area contributed by atoms with Crippen LogP contribution >= 0.6 is 15.9 Å². The Labute approximate surface area is 142 Å². The molecule has 7 heteroatoms. The van der Waals surface area contributed by atoms with Crippen molar-refractivity contribution in [1.82, 2.24) is 10.2 Å². The molecule has 0 saturated heterocycles. The minimum atomic E-state index is -0.568. The number of carbonyl (C=O) groups excluding carboxylic acids is 2. The molecule has 0 unspecified atom stereocenters. The molecule has 0 amide bonds. The SMILES string of the molecule is CCOC(=O)c1n[nH]c(C(=O)OCC)c1Cc1ccccc1Br. The van der Waals surface area contributed by atoms with Gasteiger partial charge in [-0.05, 0) is 25.5 Å². The maximum Gasteiger partial charge on any atom is 0.359 e. The highest BCUT2D eigenvalue weighted by Crippen LogP contribution is 2.23. The molecule has 2 aromatic rings. The van der Waals surface area contributed by atoms with Crippen LogP contribution in [0.2, 0.25) is 0 Å². The van der Waals surface area contributed by atoms with E-state index in [0.717, 1.165) is 10.0 Å². The summed E-state index contributed by atoms with van der Waals surface area (Å²) < 4.78 is 10.9. The van der Waals surface area contributed by atoms with Gasteiger partial charge in [-0.2, -0.15) is 5.10 Å². The van der Waals surface area contributed by atoms with Crippen LogP contribution in [0.5, 0.6) is 0 Å². The Morgan fingerprint density at radius 1 is 1.13 bits per heavy atom. The molecule has 0 radical (unpaired) electrons. The highest BCUT2D eigenvalue weighted by Gasteiger charge is 2.25. The van der Waals surface area contributed by atoms with E-state index in [9.17, 15) is 9.59 Å². The molecule has 0 saturated carbocycles. The second kappa shape index (κ2) is 7.92. The molecule has 0 atom stereocenters. The number of nitrogens with zero attached hydrogens (tertiary/aromatic N) is 1. The van der Waals surface area contributed by atoms with Gasteiger partial charge >= 0.3 is 11.9 Å². The van der Waals surface area contributed by atoms with Gasteiger partial charge in [0.25, 0.3) is 0 Å². The smallest absolute Gasteiger partial charge is 0.359 e. The van der Waals surface area contributed by atoms with Crippen molar-refractivity contribution in [3.8, 4) is 0 Å². The number of nitrogens with one attached hydrogen (secondary N) is 1. The lowest BCUT2D eigenvalue weighted by molar-refractivity contribution is 0.0513. The maximum atomic E-state index is 12.1. The predicted molar refractivity (Wildman–Crippen MR) is 87.4 cm³/mol. The molecule has 122 valence electrons. The summed E-state index contributed by atoms with van der Waals surface area (Å²) in [6.45, 7) is 3.90. The van der Waals surface area contributed by atoms with E-state index in [-0.39, 0.29) is 24.6 Å². The van der Waals surface area contributed by atoms with Gasteiger partial charge in [-0.15, -0.1) is 0 Å². The van der Waals surface area contributed by atoms with Gasteiger partial charge in [-0.1, -0.05) is 34.1 Å². The van der Waals surface area contributed by atoms with Crippen molar-refractivity contribution in [3.63, 3.8) is 0 Å². The van der Waals surface area contributed by atoms with Crippen molar-refractivity contribution in [2.45, 2.75) is 20.3 Å². The normalized spacial score (nSPS) is 10.4. The number of hydrogen-bond acceptors (Lipinski definition) is 5. The van der Waals surface area contributed by atoms with Crippen LogP contribution in [0, 0.1) is 0 Å². The van der Waals surface area contributed by atoms with E-state index in [0.29, 0.717) is 12.0 Å². The summed E-state index contributed by atoms with van der Waals surface area (Å²) in [4.78, 5) is 24.1. The Bertz CT molecular complexity index is 676. The fourth-order valence-corrected chi connectivity index (χ4v) is 2.53.